The van der Waals surface area contributed by atoms with Gasteiger partial charge >= 0.3 is 39.5 Å². The number of aliphatic hydroxyl groups excluding tert-OH is 1. The van der Waals surface area contributed by atoms with E-state index in [1.54, 1.807) is 0 Å². The van der Waals surface area contributed by atoms with E-state index in [0.29, 0.717) is 25.7 Å². The molecule has 0 heterocycles. The van der Waals surface area contributed by atoms with E-state index in [0.717, 1.165) is 95.8 Å². The second kappa shape index (κ2) is 71.1. The molecule has 0 saturated carbocycles. The molecule has 0 aromatic rings. The number of hydrogen-bond donors (Lipinski definition) is 3. The lowest BCUT2D eigenvalue weighted by atomic mass is 10.0. The average Bonchev–Trinajstić information content (AvgIpc) is 2.21. The summed E-state index contributed by atoms with van der Waals surface area (Å²) in [5.74, 6) is -1.35. The number of esters is 4. The van der Waals surface area contributed by atoms with Crippen molar-refractivity contribution >= 4 is 39.5 Å². The summed E-state index contributed by atoms with van der Waals surface area (Å²) < 4.78 is 68.6. The maximum absolute atomic E-state index is 13.1. The highest BCUT2D eigenvalue weighted by Crippen LogP contribution is 2.45. The molecule has 2 unspecified atom stereocenters. The third-order valence-electron chi connectivity index (χ3n) is 18.3. The largest absolute Gasteiger partial charge is 0.472 e. The SMILES string of the molecule is CCCCCCCCCCCCCCCCCCCCCC(=O)O[C@H](COC(=O)CCCCCCCCCCCCC(C)C)COP(=O)(O)OC[C@@H](O)COP(=O)(O)OC[C@@H](COC(=O)CCCCCCCCCCCCCC)OC(=O)CCCCCCCCCCCCCCC. The number of rotatable bonds is 78. The minimum absolute atomic E-state index is 0.108. The molecule has 3 N–H and O–H groups in total. The molecule has 0 aliphatic heterocycles. The Morgan fingerprint density at radius 2 is 0.474 bits per heavy atom. The first-order valence-electron chi connectivity index (χ1n) is 40.6. The number of carbonyl (C=O) groups excluding carboxylic acids is 4. The molecule has 0 spiro atoms. The van der Waals surface area contributed by atoms with Crippen LogP contribution in [0.15, 0.2) is 0 Å². The van der Waals surface area contributed by atoms with Crippen LogP contribution in [0.1, 0.15) is 413 Å². The van der Waals surface area contributed by atoms with Crippen molar-refractivity contribution in [3.63, 3.8) is 0 Å². The lowest BCUT2D eigenvalue weighted by molar-refractivity contribution is -0.161. The fourth-order valence-electron chi connectivity index (χ4n) is 12.1. The number of phosphoric acid groups is 2. The fourth-order valence-corrected chi connectivity index (χ4v) is 13.6. The van der Waals surface area contributed by atoms with Gasteiger partial charge in [0.25, 0.3) is 0 Å². The van der Waals surface area contributed by atoms with Gasteiger partial charge in [0.05, 0.1) is 26.4 Å². The van der Waals surface area contributed by atoms with Gasteiger partial charge in [0, 0.05) is 25.7 Å². The van der Waals surface area contributed by atoms with Crippen molar-refractivity contribution in [2.24, 2.45) is 5.92 Å². The van der Waals surface area contributed by atoms with Crippen LogP contribution in [0, 0.1) is 5.92 Å². The van der Waals surface area contributed by atoms with E-state index >= 15 is 0 Å². The van der Waals surface area contributed by atoms with Gasteiger partial charge in [-0.15, -0.1) is 0 Å². The smallest absolute Gasteiger partial charge is 0.462 e. The van der Waals surface area contributed by atoms with E-state index in [1.807, 2.05) is 0 Å². The first kappa shape index (κ1) is 95.1. The van der Waals surface area contributed by atoms with Crippen LogP contribution < -0.4 is 0 Å². The molecular weight excluding hydrogens is 1270 g/mol. The molecule has 0 aromatic carbocycles. The second-order valence-electron chi connectivity index (χ2n) is 28.6. The summed E-state index contributed by atoms with van der Waals surface area (Å²) in [6.07, 6.45) is 60.9. The predicted molar refractivity (Wildman–Crippen MR) is 395 cm³/mol. The number of hydrogen-bond acceptors (Lipinski definition) is 15. The van der Waals surface area contributed by atoms with E-state index in [-0.39, 0.29) is 25.7 Å². The molecule has 17 nitrogen and oxygen atoms in total. The van der Waals surface area contributed by atoms with Gasteiger partial charge in [0.15, 0.2) is 12.2 Å². The number of aliphatic hydroxyl groups is 1. The second-order valence-corrected chi connectivity index (χ2v) is 31.5. The number of carbonyl (C=O) groups is 4. The van der Waals surface area contributed by atoms with Crippen LogP contribution in [-0.2, 0) is 65.4 Å². The molecule has 0 aliphatic rings. The highest BCUT2D eigenvalue weighted by Gasteiger charge is 2.30. The summed E-state index contributed by atoms with van der Waals surface area (Å²) in [5.41, 5.74) is 0. The molecule has 0 fully saturated rings. The van der Waals surface area contributed by atoms with E-state index < -0.39 is 97.5 Å². The molecule has 576 valence electrons. The van der Waals surface area contributed by atoms with Crippen LogP contribution in [-0.4, -0.2) is 96.7 Å². The Hall–Kier alpha value is -1.94. The molecule has 0 amide bonds. The molecule has 0 aromatic heterocycles. The lowest BCUT2D eigenvalue weighted by Crippen LogP contribution is -2.30. The van der Waals surface area contributed by atoms with Gasteiger partial charge in [0.2, 0.25) is 0 Å². The molecule has 0 radical (unpaired) electrons. The van der Waals surface area contributed by atoms with Gasteiger partial charge in [-0.2, -0.15) is 0 Å². The first-order valence-corrected chi connectivity index (χ1v) is 43.6. The molecule has 0 saturated heterocycles. The van der Waals surface area contributed by atoms with Crippen molar-refractivity contribution in [2.45, 2.75) is 432 Å². The number of unbranched alkanes of at least 4 members (excludes halogenated alkanes) is 50. The topological polar surface area (TPSA) is 237 Å². The molecule has 0 rings (SSSR count). The molecule has 0 bridgehead atoms. The van der Waals surface area contributed by atoms with Crippen LogP contribution >= 0.6 is 15.6 Å². The number of phosphoric ester groups is 2. The zero-order valence-electron chi connectivity index (χ0n) is 63.2. The first-order chi connectivity index (χ1) is 47.0. The fraction of sp³-hybridized carbons (Fsp3) is 0.949. The van der Waals surface area contributed by atoms with Crippen LogP contribution in [0.3, 0.4) is 0 Å². The molecular formula is C78H152O17P2. The summed E-state index contributed by atoms with van der Waals surface area (Å²) >= 11 is 0. The maximum atomic E-state index is 13.1. The summed E-state index contributed by atoms with van der Waals surface area (Å²) in [7, 11) is -9.91. The minimum atomic E-state index is -4.96. The summed E-state index contributed by atoms with van der Waals surface area (Å²) in [4.78, 5) is 72.9. The van der Waals surface area contributed by atoms with Gasteiger partial charge in [-0.25, -0.2) is 9.13 Å². The van der Waals surface area contributed by atoms with Gasteiger partial charge in [-0.1, -0.05) is 362 Å². The van der Waals surface area contributed by atoms with Crippen molar-refractivity contribution in [3.8, 4) is 0 Å². The van der Waals surface area contributed by atoms with Crippen LogP contribution in [0.5, 0.6) is 0 Å². The van der Waals surface area contributed by atoms with Gasteiger partial charge in [-0.3, -0.25) is 37.3 Å². The van der Waals surface area contributed by atoms with Gasteiger partial charge in [-0.05, 0) is 31.6 Å². The third-order valence-corrected chi connectivity index (χ3v) is 20.2. The van der Waals surface area contributed by atoms with Crippen molar-refractivity contribution in [1.29, 1.82) is 0 Å². The Morgan fingerprint density at radius 1 is 0.278 bits per heavy atom. The zero-order valence-corrected chi connectivity index (χ0v) is 65.0. The Bertz CT molecular complexity index is 1860. The minimum Gasteiger partial charge on any atom is -0.462 e. The normalized spacial score (nSPS) is 13.9. The van der Waals surface area contributed by atoms with Crippen molar-refractivity contribution in [3.05, 3.63) is 0 Å². The average molecular weight is 1420 g/mol. The Kier molecular flexibility index (Phi) is 69.6. The summed E-state index contributed by atoms with van der Waals surface area (Å²) in [5, 5.41) is 10.6. The summed E-state index contributed by atoms with van der Waals surface area (Å²) in [6.45, 7) is 7.31. The van der Waals surface area contributed by atoms with Crippen LogP contribution in [0.4, 0.5) is 0 Å². The highest BCUT2D eigenvalue weighted by molar-refractivity contribution is 7.47. The summed E-state index contributed by atoms with van der Waals surface area (Å²) in [6, 6.07) is 0. The van der Waals surface area contributed by atoms with Gasteiger partial charge in [0.1, 0.15) is 19.3 Å². The monoisotopic (exact) mass is 1420 g/mol. The van der Waals surface area contributed by atoms with E-state index in [2.05, 4.69) is 34.6 Å². The zero-order chi connectivity index (χ0) is 71.2. The lowest BCUT2D eigenvalue weighted by Gasteiger charge is -2.21. The number of ether oxygens (including phenoxy) is 4. The quantitative estimate of drug-likeness (QED) is 0.0222. The molecule has 19 heteroatoms. The molecule has 0 aliphatic carbocycles. The van der Waals surface area contributed by atoms with Crippen molar-refractivity contribution < 1.29 is 80.2 Å². The Balaban J connectivity index is 5.24. The van der Waals surface area contributed by atoms with Crippen molar-refractivity contribution in [1.82, 2.24) is 0 Å². The van der Waals surface area contributed by atoms with Gasteiger partial charge < -0.3 is 33.8 Å². The van der Waals surface area contributed by atoms with E-state index in [1.165, 1.54) is 238 Å². The Labute approximate surface area is 594 Å². The van der Waals surface area contributed by atoms with E-state index in [9.17, 15) is 43.2 Å². The standard InChI is InChI=1S/C78H152O17P2/c1-6-9-12-15-18-21-24-27-28-29-30-31-32-34-37-44-49-54-59-64-78(83)95-74(68-89-76(81)62-57-52-47-42-39-38-40-45-50-55-60-71(4)5)70-93-97(86,87)91-66-72(79)65-90-96(84,85)92-69-73(67-88-75(80)61-56-51-46-41-35-26-23-20-17-14-11-8-3)94-77(82)63-58-53-48-43-36-33-25-22-19-16-13-10-7-2/h71-74,79H,6-70H2,1-5H3,(H,84,85)(H,86,87)/t72-,73+,74+/m0/s1. The predicted octanol–water partition coefficient (Wildman–Crippen LogP) is 23.3. The van der Waals surface area contributed by atoms with Crippen molar-refractivity contribution in [2.75, 3.05) is 39.6 Å². The van der Waals surface area contributed by atoms with E-state index in [4.69, 9.17) is 37.0 Å². The molecule has 5 atom stereocenters. The Morgan fingerprint density at radius 3 is 0.701 bits per heavy atom. The van der Waals surface area contributed by atoms with Crippen LogP contribution in [0.2, 0.25) is 0 Å². The maximum Gasteiger partial charge on any atom is 0.472 e. The molecule has 97 heavy (non-hydrogen) atoms. The third kappa shape index (κ3) is 72.2. The highest BCUT2D eigenvalue weighted by atomic mass is 31.2. The van der Waals surface area contributed by atoms with Crippen LogP contribution in [0.25, 0.3) is 0 Å².